The van der Waals surface area contributed by atoms with E-state index in [1.807, 2.05) is 48.3 Å². The average molecular weight is 254 g/mol. The molecule has 1 aromatic heterocycles. The van der Waals surface area contributed by atoms with Crippen molar-refractivity contribution in [3.63, 3.8) is 0 Å². The lowest BCUT2D eigenvalue weighted by atomic mass is 10.1. The van der Waals surface area contributed by atoms with E-state index in [1.165, 1.54) is 0 Å². The first-order valence-corrected chi connectivity index (χ1v) is 6.41. The normalized spacial score (nSPS) is 12.1. The smallest absolute Gasteiger partial charge is 0.0991 e. The predicted molar refractivity (Wildman–Crippen MR) is 74.5 cm³/mol. The van der Waals surface area contributed by atoms with Gasteiger partial charge in [0, 0.05) is 32.3 Å². The van der Waals surface area contributed by atoms with Gasteiger partial charge in [0.1, 0.15) is 0 Å². The molecule has 1 unspecified atom stereocenters. The second kappa shape index (κ2) is 6.17. The van der Waals surface area contributed by atoms with Crippen LogP contribution in [0.2, 0.25) is 0 Å². The zero-order valence-electron chi connectivity index (χ0n) is 11.3. The van der Waals surface area contributed by atoms with Crippen LogP contribution in [0.1, 0.15) is 29.8 Å². The standard InChI is InChI=1S/C15H18N4/c1-12(14-5-3-4-13(10-14)11-16)17-8-6-15-7-9-19(2)18-15/h3-5,7,9-10,12,17H,6,8H2,1-2H3. The molecule has 0 spiro atoms. The molecule has 1 heterocycles. The minimum atomic E-state index is 0.233. The number of hydrogen-bond acceptors (Lipinski definition) is 3. The van der Waals surface area contributed by atoms with Crippen molar-refractivity contribution in [3.8, 4) is 6.07 Å². The summed E-state index contributed by atoms with van der Waals surface area (Å²) >= 11 is 0. The van der Waals surface area contributed by atoms with Gasteiger partial charge in [0.05, 0.1) is 17.3 Å². The van der Waals surface area contributed by atoms with Gasteiger partial charge in [-0.05, 0) is 30.7 Å². The molecule has 0 fully saturated rings. The monoisotopic (exact) mass is 254 g/mol. The van der Waals surface area contributed by atoms with Gasteiger partial charge in [-0.3, -0.25) is 4.68 Å². The number of nitrogens with one attached hydrogen (secondary N) is 1. The van der Waals surface area contributed by atoms with Crippen LogP contribution in [0, 0.1) is 11.3 Å². The lowest BCUT2D eigenvalue weighted by molar-refractivity contribution is 0.571. The van der Waals surface area contributed by atoms with E-state index in [9.17, 15) is 0 Å². The van der Waals surface area contributed by atoms with Gasteiger partial charge >= 0.3 is 0 Å². The van der Waals surface area contributed by atoms with E-state index in [4.69, 9.17) is 5.26 Å². The molecule has 0 saturated heterocycles. The second-order valence-corrected chi connectivity index (χ2v) is 4.64. The minimum Gasteiger partial charge on any atom is -0.310 e. The fraction of sp³-hybridized carbons (Fsp3) is 0.333. The van der Waals surface area contributed by atoms with Crippen LogP contribution in [0.3, 0.4) is 0 Å². The summed E-state index contributed by atoms with van der Waals surface area (Å²) in [6.45, 7) is 2.98. The maximum atomic E-state index is 8.89. The molecule has 19 heavy (non-hydrogen) atoms. The Morgan fingerprint density at radius 2 is 2.26 bits per heavy atom. The van der Waals surface area contributed by atoms with E-state index in [0.29, 0.717) is 5.56 Å². The molecule has 0 aliphatic carbocycles. The van der Waals surface area contributed by atoms with Crippen LogP contribution in [0.5, 0.6) is 0 Å². The van der Waals surface area contributed by atoms with Crippen LogP contribution in [0.4, 0.5) is 0 Å². The highest BCUT2D eigenvalue weighted by molar-refractivity contribution is 5.34. The van der Waals surface area contributed by atoms with Crippen LogP contribution >= 0.6 is 0 Å². The Hall–Kier alpha value is -2.12. The molecular weight excluding hydrogens is 236 g/mol. The Balaban J connectivity index is 1.87. The van der Waals surface area contributed by atoms with Crippen molar-refractivity contribution in [2.75, 3.05) is 6.54 Å². The van der Waals surface area contributed by atoms with Gasteiger partial charge in [-0.25, -0.2) is 0 Å². The molecule has 1 aromatic carbocycles. The van der Waals surface area contributed by atoms with E-state index in [0.717, 1.165) is 24.2 Å². The maximum absolute atomic E-state index is 8.89. The molecule has 0 saturated carbocycles. The van der Waals surface area contributed by atoms with Crippen molar-refractivity contribution in [1.82, 2.24) is 15.1 Å². The number of aromatic nitrogens is 2. The molecule has 0 amide bonds. The molecule has 1 atom stereocenters. The van der Waals surface area contributed by atoms with Crippen molar-refractivity contribution in [2.24, 2.45) is 7.05 Å². The predicted octanol–water partition coefficient (Wildman–Crippen LogP) is 2.19. The zero-order valence-corrected chi connectivity index (χ0v) is 11.3. The van der Waals surface area contributed by atoms with E-state index in [2.05, 4.69) is 23.4 Å². The first-order chi connectivity index (χ1) is 9.19. The van der Waals surface area contributed by atoms with Crippen molar-refractivity contribution in [1.29, 1.82) is 5.26 Å². The summed E-state index contributed by atoms with van der Waals surface area (Å²) in [6.07, 6.45) is 2.86. The SMILES string of the molecule is CC(NCCc1ccn(C)n1)c1cccc(C#N)c1. The topological polar surface area (TPSA) is 53.6 Å². The molecule has 0 aliphatic rings. The summed E-state index contributed by atoms with van der Waals surface area (Å²) in [5.74, 6) is 0. The maximum Gasteiger partial charge on any atom is 0.0991 e. The highest BCUT2D eigenvalue weighted by atomic mass is 15.2. The second-order valence-electron chi connectivity index (χ2n) is 4.64. The summed E-state index contributed by atoms with van der Waals surface area (Å²) in [5, 5.41) is 16.7. The summed E-state index contributed by atoms with van der Waals surface area (Å²) in [6, 6.07) is 12.1. The largest absolute Gasteiger partial charge is 0.310 e. The van der Waals surface area contributed by atoms with Crippen LogP contribution in [-0.2, 0) is 13.5 Å². The summed E-state index contributed by atoms with van der Waals surface area (Å²) in [5.41, 5.74) is 2.93. The molecule has 4 nitrogen and oxygen atoms in total. The van der Waals surface area contributed by atoms with E-state index >= 15 is 0 Å². The number of aryl methyl sites for hydroxylation is 1. The third-order valence-corrected chi connectivity index (χ3v) is 3.12. The Kier molecular flexibility index (Phi) is 4.32. The molecule has 0 radical (unpaired) electrons. The quantitative estimate of drug-likeness (QED) is 0.889. The highest BCUT2D eigenvalue weighted by Gasteiger charge is 2.05. The molecule has 1 N–H and O–H groups in total. The van der Waals surface area contributed by atoms with Gasteiger partial charge in [0.15, 0.2) is 0 Å². The van der Waals surface area contributed by atoms with Crippen LogP contribution in [0.25, 0.3) is 0 Å². The number of benzene rings is 1. The van der Waals surface area contributed by atoms with Gasteiger partial charge in [-0.1, -0.05) is 12.1 Å². The average Bonchev–Trinajstić information content (AvgIpc) is 2.84. The van der Waals surface area contributed by atoms with Gasteiger partial charge in [-0.2, -0.15) is 10.4 Å². The lowest BCUT2D eigenvalue weighted by Gasteiger charge is -2.13. The van der Waals surface area contributed by atoms with Crippen molar-refractivity contribution < 1.29 is 0 Å². The van der Waals surface area contributed by atoms with Crippen molar-refractivity contribution in [3.05, 3.63) is 53.3 Å². The van der Waals surface area contributed by atoms with E-state index in [1.54, 1.807) is 0 Å². The molecule has 0 bridgehead atoms. The third-order valence-electron chi connectivity index (χ3n) is 3.12. The molecule has 2 aromatic rings. The summed E-state index contributed by atoms with van der Waals surface area (Å²) in [4.78, 5) is 0. The highest BCUT2D eigenvalue weighted by Crippen LogP contribution is 2.13. The molecule has 0 aliphatic heterocycles. The number of nitriles is 1. The summed E-state index contributed by atoms with van der Waals surface area (Å²) in [7, 11) is 1.92. The Morgan fingerprint density at radius 1 is 1.42 bits per heavy atom. The van der Waals surface area contributed by atoms with Gasteiger partial charge in [0.25, 0.3) is 0 Å². The fourth-order valence-electron chi connectivity index (χ4n) is 2.01. The number of rotatable bonds is 5. The molecule has 2 rings (SSSR count). The van der Waals surface area contributed by atoms with Crippen molar-refractivity contribution >= 4 is 0 Å². The van der Waals surface area contributed by atoms with E-state index < -0.39 is 0 Å². The van der Waals surface area contributed by atoms with Crippen LogP contribution < -0.4 is 5.32 Å². The zero-order chi connectivity index (χ0) is 13.7. The number of nitrogens with zero attached hydrogens (tertiary/aromatic N) is 3. The first-order valence-electron chi connectivity index (χ1n) is 6.41. The van der Waals surface area contributed by atoms with Crippen LogP contribution in [-0.4, -0.2) is 16.3 Å². The van der Waals surface area contributed by atoms with Gasteiger partial charge in [0.2, 0.25) is 0 Å². The Labute approximate surface area is 113 Å². The van der Waals surface area contributed by atoms with Gasteiger partial charge < -0.3 is 5.32 Å². The molecular formula is C15H18N4. The minimum absolute atomic E-state index is 0.233. The Bertz CT molecular complexity index is 580. The van der Waals surface area contributed by atoms with Gasteiger partial charge in [-0.15, -0.1) is 0 Å². The third kappa shape index (κ3) is 3.67. The number of hydrogen-bond donors (Lipinski definition) is 1. The van der Waals surface area contributed by atoms with Crippen molar-refractivity contribution in [2.45, 2.75) is 19.4 Å². The Morgan fingerprint density at radius 3 is 2.95 bits per heavy atom. The summed E-state index contributed by atoms with van der Waals surface area (Å²) < 4.78 is 1.81. The molecule has 4 heteroatoms. The van der Waals surface area contributed by atoms with E-state index in [-0.39, 0.29) is 6.04 Å². The lowest BCUT2D eigenvalue weighted by Crippen LogP contribution is -2.21. The molecule has 98 valence electrons. The fourth-order valence-corrected chi connectivity index (χ4v) is 2.01. The first kappa shape index (κ1) is 13.3. The van der Waals surface area contributed by atoms with Crippen LogP contribution in [0.15, 0.2) is 36.5 Å².